The van der Waals surface area contributed by atoms with E-state index in [4.69, 9.17) is 4.74 Å². The molecule has 2 unspecified atom stereocenters. The predicted octanol–water partition coefficient (Wildman–Crippen LogP) is 2.76. The van der Waals surface area contributed by atoms with Gasteiger partial charge in [0.05, 0.1) is 6.61 Å². The van der Waals surface area contributed by atoms with Gasteiger partial charge in [-0.1, -0.05) is 13.8 Å². The van der Waals surface area contributed by atoms with Crippen molar-refractivity contribution in [3.05, 3.63) is 0 Å². The van der Waals surface area contributed by atoms with Gasteiger partial charge in [0.25, 0.3) is 0 Å². The maximum Gasteiger partial charge on any atom is 0.0624 e. The zero-order valence-electron chi connectivity index (χ0n) is 13.8. The summed E-state index contributed by atoms with van der Waals surface area (Å²) in [5.41, 5.74) is 0.232. The van der Waals surface area contributed by atoms with Gasteiger partial charge in [0.1, 0.15) is 0 Å². The van der Waals surface area contributed by atoms with E-state index in [-0.39, 0.29) is 5.54 Å². The van der Waals surface area contributed by atoms with E-state index in [2.05, 4.69) is 51.8 Å². The quantitative estimate of drug-likeness (QED) is 0.770. The van der Waals surface area contributed by atoms with E-state index in [1.165, 1.54) is 19.5 Å². The van der Waals surface area contributed by atoms with E-state index >= 15 is 0 Å². The van der Waals surface area contributed by atoms with Crippen LogP contribution in [-0.2, 0) is 4.74 Å². The van der Waals surface area contributed by atoms with Crippen molar-refractivity contribution >= 4 is 0 Å². The molecule has 0 amide bonds. The van der Waals surface area contributed by atoms with Crippen LogP contribution in [0.1, 0.15) is 48.0 Å². The summed E-state index contributed by atoms with van der Waals surface area (Å²) in [5.74, 6) is 1.46. The topological polar surface area (TPSA) is 24.5 Å². The largest absolute Gasteiger partial charge is 0.380 e. The minimum Gasteiger partial charge on any atom is -0.380 e. The molecule has 1 saturated heterocycles. The Morgan fingerprint density at radius 1 is 1.32 bits per heavy atom. The van der Waals surface area contributed by atoms with Crippen LogP contribution in [0.3, 0.4) is 0 Å². The van der Waals surface area contributed by atoms with Crippen LogP contribution in [0.5, 0.6) is 0 Å². The Labute approximate surface area is 120 Å². The molecule has 3 nitrogen and oxygen atoms in total. The number of hydrogen-bond acceptors (Lipinski definition) is 3. The highest BCUT2D eigenvalue weighted by molar-refractivity contribution is 4.85. The van der Waals surface area contributed by atoms with E-state index < -0.39 is 0 Å². The Morgan fingerprint density at radius 2 is 2.00 bits per heavy atom. The Morgan fingerprint density at radius 3 is 2.53 bits per heavy atom. The van der Waals surface area contributed by atoms with Gasteiger partial charge in [-0.3, -0.25) is 4.90 Å². The van der Waals surface area contributed by atoms with E-state index in [0.29, 0.717) is 12.0 Å². The second kappa shape index (κ2) is 7.61. The maximum atomic E-state index is 5.66. The van der Waals surface area contributed by atoms with Crippen molar-refractivity contribution in [3.63, 3.8) is 0 Å². The van der Waals surface area contributed by atoms with Gasteiger partial charge in [0.15, 0.2) is 0 Å². The first-order chi connectivity index (χ1) is 8.83. The predicted molar refractivity (Wildman–Crippen MR) is 82.6 cm³/mol. The fourth-order valence-corrected chi connectivity index (χ4v) is 2.74. The van der Waals surface area contributed by atoms with Crippen LogP contribution >= 0.6 is 0 Å². The highest BCUT2D eigenvalue weighted by atomic mass is 16.5. The molecule has 2 atom stereocenters. The van der Waals surface area contributed by atoms with Crippen molar-refractivity contribution < 1.29 is 4.74 Å². The van der Waals surface area contributed by atoms with Crippen LogP contribution in [0.2, 0.25) is 0 Å². The molecule has 114 valence electrons. The lowest BCUT2D eigenvalue weighted by molar-refractivity contribution is 0.0539. The van der Waals surface area contributed by atoms with Gasteiger partial charge in [0, 0.05) is 24.7 Å². The van der Waals surface area contributed by atoms with Gasteiger partial charge in [-0.25, -0.2) is 0 Å². The molecular formula is C16H34N2O. The fourth-order valence-electron chi connectivity index (χ4n) is 2.74. The van der Waals surface area contributed by atoms with Gasteiger partial charge in [0.2, 0.25) is 0 Å². The lowest BCUT2D eigenvalue weighted by Crippen LogP contribution is -2.43. The summed E-state index contributed by atoms with van der Waals surface area (Å²) in [6, 6.07) is 0.583. The highest BCUT2D eigenvalue weighted by Gasteiger charge is 2.30. The Bertz CT molecular complexity index is 248. The van der Waals surface area contributed by atoms with Crippen LogP contribution in [-0.4, -0.2) is 49.3 Å². The molecule has 1 aliphatic rings. The van der Waals surface area contributed by atoms with Crippen molar-refractivity contribution in [2.45, 2.75) is 59.5 Å². The van der Waals surface area contributed by atoms with Crippen molar-refractivity contribution in [2.24, 2.45) is 11.8 Å². The summed E-state index contributed by atoms with van der Waals surface area (Å²) >= 11 is 0. The van der Waals surface area contributed by atoms with E-state index in [9.17, 15) is 0 Å². The molecule has 0 saturated carbocycles. The molecule has 3 heteroatoms. The molecule has 1 heterocycles. The van der Waals surface area contributed by atoms with Gasteiger partial charge in [-0.05, 0) is 59.0 Å². The third kappa shape index (κ3) is 6.24. The second-order valence-corrected chi connectivity index (χ2v) is 7.25. The standard InChI is InChI=1S/C16H34N2O/c1-7-19-12-15(13(2)3)18-9-8-14(11-18)10-17-16(4,5)6/h13-15,17H,7-12H2,1-6H3. The molecule has 0 bridgehead atoms. The third-order valence-electron chi connectivity index (χ3n) is 3.97. The van der Waals surface area contributed by atoms with E-state index in [1.807, 2.05) is 0 Å². The van der Waals surface area contributed by atoms with E-state index in [1.54, 1.807) is 0 Å². The second-order valence-electron chi connectivity index (χ2n) is 7.25. The lowest BCUT2D eigenvalue weighted by Gasteiger charge is -2.31. The number of rotatable bonds is 7. The summed E-state index contributed by atoms with van der Waals surface area (Å²) in [5, 5.41) is 3.64. The zero-order chi connectivity index (χ0) is 14.5. The number of likely N-dealkylation sites (tertiary alicyclic amines) is 1. The molecule has 19 heavy (non-hydrogen) atoms. The number of hydrogen-bond donors (Lipinski definition) is 1. The van der Waals surface area contributed by atoms with Crippen LogP contribution in [0.4, 0.5) is 0 Å². The average Bonchev–Trinajstić information content (AvgIpc) is 2.74. The maximum absolute atomic E-state index is 5.66. The minimum absolute atomic E-state index is 0.232. The molecule has 0 aliphatic carbocycles. The normalized spacial score (nSPS) is 23.2. The van der Waals surface area contributed by atoms with Gasteiger partial charge in [-0.15, -0.1) is 0 Å². The Balaban J connectivity index is 2.40. The summed E-state index contributed by atoms with van der Waals surface area (Å²) < 4.78 is 5.66. The monoisotopic (exact) mass is 270 g/mol. The first-order valence-corrected chi connectivity index (χ1v) is 7.90. The molecule has 0 spiro atoms. The first-order valence-electron chi connectivity index (χ1n) is 7.90. The molecule has 1 fully saturated rings. The fraction of sp³-hybridized carbons (Fsp3) is 1.00. The minimum atomic E-state index is 0.232. The smallest absolute Gasteiger partial charge is 0.0624 e. The molecule has 1 N–H and O–H groups in total. The summed E-state index contributed by atoms with van der Waals surface area (Å²) in [6.45, 7) is 18.7. The SMILES string of the molecule is CCOCC(C(C)C)N1CCC(CNC(C)(C)C)C1. The van der Waals surface area contributed by atoms with Crippen LogP contribution in [0.15, 0.2) is 0 Å². The molecule has 1 aliphatic heterocycles. The summed E-state index contributed by atoms with van der Waals surface area (Å²) in [6.07, 6.45) is 1.32. The van der Waals surface area contributed by atoms with Crippen molar-refractivity contribution in [1.82, 2.24) is 10.2 Å². The van der Waals surface area contributed by atoms with Crippen LogP contribution in [0.25, 0.3) is 0 Å². The van der Waals surface area contributed by atoms with Gasteiger partial charge >= 0.3 is 0 Å². The molecule has 1 rings (SSSR count). The van der Waals surface area contributed by atoms with Crippen LogP contribution in [0, 0.1) is 11.8 Å². The van der Waals surface area contributed by atoms with Gasteiger partial charge < -0.3 is 10.1 Å². The molecule has 0 aromatic heterocycles. The Hall–Kier alpha value is -0.120. The van der Waals surface area contributed by atoms with Crippen molar-refractivity contribution in [2.75, 3.05) is 32.8 Å². The summed E-state index contributed by atoms with van der Waals surface area (Å²) in [4.78, 5) is 2.63. The average molecular weight is 270 g/mol. The number of nitrogens with zero attached hydrogens (tertiary/aromatic N) is 1. The number of nitrogens with one attached hydrogen (secondary N) is 1. The third-order valence-corrected chi connectivity index (χ3v) is 3.97. The molecule has 0 radical (unpaired) electrons. The number of ether oxygens (including phenoxy) is 1. The highest BCUT2D eigenvalue weighted by Crippen LogP contribution is 2.22. The van der Waals surface area contributed by atoms with Gasteiger partial charge in [-0.2, -0.15) is 0 Å². The lowest BCUT2D eigenvalue weighted by atomic mass is 10.0. The molecular weight excluding hydrogens is 236 g/mol. The molecule has 0 aromatic carbocycles. The Kier molecular flexibility index (Phi) is 6.78. The van der Waals surface area contributed by atoms with Crippen molar-refractivity contribution in [3.8, 4) is 0 Å². The van der Waals surface area contributed by atoms with E-state index in [0.717, 1.165) is 25.7 Å². The first kappa shape index (κ1) is 16.9. The summed E-state index contributed by atoms with van der Waals surface area (Å²) in [7, 11) is 0. The zero-order valence-corrected chi connectivity index (χ0v) is 13.8. The van der Waals surface area contributed by atoms with Crippen molar-refractivity contribution in [1.29, 1.82) is 0 Å². The molecule has 0 aromatic rings. The van der Waals surface area contributed by atoms with Crippen LogP contribution < -0.4 is 5.32 Å².